The van der Waals surface area contributed by atoms with E-state index in [9.17, 15) is 4.79 Å². The Kier molecular flexibility index (Phi) is 6.32. The molecule has 0 saturated carbocycles. The number of hydrogen-bond acceptors (Lipinski definition) is 4. The molecule has 1 saturated heterocycles. The molecule has 4 rings (SSSR count). The third-order valence-corrected chi connectivity index (χ3v) is 6.10. The van der Waals surface area contributed by atoms with Crippen LogP contribution in [0.25, 0.3) is 5.69 Å². The largest absolute Gasteiger partial charge is 0.321 e. The summed E-state index contributed by atoms with van der Waals surface area (Å²) in [5.41, 5.74) is 4.37. The molecule has 0 spiro atoms. The molecule has 0 bridgehead atoms. The molecule has 0 unspecified atom stereocenters. The number of nitrogens with one attached hydrogen (secondary N) is 1. The average molecular weight is 407 g/mol. The van der Waals surface area contributed by atoms with E-state index in [1.54, 1.807) is 4.68 Å². The second kappa shape index (κ2) is 9.29. The van der Waals surface area contributed by atoms with Crippen LogP contribution in [-0.4, -0.2) is 51.7 Å². The number of carbonyl (C=O) groups excluding carboxylic acids is 1. The van der Waals surface area contributed by atoms with Crippen molar-refractivity contribution < 1.29 is 4.79 Å². The van der Waals surface area contributed by atoms with E-state index in [0.717, 1.165) is 30.0 Å². The standard InChI is InChI=1S/C23H26N4OS/c1-18-17-22(25-27(18)21-5-3-2-4-6-21)23(28)24-20-9-7-19(8-10-20)11-12-26-13-15-29-16-14-26/h2-10,17H,11-16H2,1H3,(H,24,28). The molecule has 2 aromatic carbocycles. The summed E-state index contributed by atoms with van der Waals surface area (Å²) < 4.78 is 1.79. The summed E-state index contributed by atoms with van der Waals surface area (Å²) in [5.74, 6) is 2.29. The highest BCUT2D eigenvalue weighted by atomic mass is 32.2. The Labute approximate surface area is 176 Å². The molecule has 29 heavy (non-hydrogen) atoms. The van der Waals surface area contributed by atoms with E-state index in [1.165, 1.54) is 30.2 Å². The third-order valence-electron chi connectivity index (χ3n) is 5.15. The fourth-order valence-electron chi connectivity index (χ4n) is 3.48. The van der Waals surface area contributed by atoms with Crippen molar-refractivity contribution in [3.8, 4) is 5.69 Å². The van der Waals surface area contributed by atoms with Gasteiger partial charge in [-0.05, 0) is 49.2 Å². The Bertz CT molecular complexity index is 947. The van der Waals surface area contributed by atoms with E-state index in [0.29, 0.717) is 5.69 Å². The first-order valence-electron chi connectivity index (χ1n) is 10.0. The van der Waals surface area contributed by atoms with E-state index < -0.39 is 0 Å². The molecule has 1 N–H and O–H groups in total. The van der Waals surface area contributed by atoms with Crippen molar-refractivity contribution >= 4 is 23.4 Å². The summed E-state index contributed by atoms with van der Waals surface area (Å²) in [6.45, 7) is 5.43. The van der Waals surface area contributed by atoms with Gasteiger partial charge in [-0.2, -0.15) is 16.9 Å². The maximum absolute atomic E-state index is 12.6. The molecule has 2 heterocycles. The summed E-state index contributed by atoms with van der Waals surface area (Å²) in [5, 5.41) is 7.43. The van der Waals surface area contributed by atoms with Gasteiger partial charge in [0.25, 0.3) is 5.91 Å². The van der Waals surface area contributed by atoms with E-state index in [4.69, 9.17) is 0 Å². The van der Waals surface area contributed by atoms with Gasteiger partial charge in [0.1, 0.15) is 0 Å². The van der Waals surface area contributed by atoms with Crippen LogP contribution in [0.2, 0.25) is 0 Å². The minimum Gasteiger partial charge on any atom is -0.321 e. The topological polar surface area (TPSA) is 50.2 Å². The van der Waals surface area contributed by atoms with Crippen LogP contribution in [0.15, 0.2) is 60.7 Å². The number of para-hydroxylation sites is 1. The van der Waals surface area contributed by atoms with Crippen molar-refractivity contribution in [1.82, 2.24) is 14.7 Å². The summed E-state index contributed by atoms with van der Waals surface area (Å²) >= 11 is 2.04. The summed E-state index contributed by atoms with van der Waals surface area (Å²) in [7, 11) is 0. The molecule has 150 valence electrons. The third kappa shape index (κ3) is 5.08. The Morgan fingerprint density at radius 2 is 1.79 bits per heavy atom. The number of thioether (sulfide) groups is 1. The lowest BCUT2D eigenvalue weighted by Gasteiger charge is -2.26. The summed E-state index contributed by atoms with van der Waals surface area (Å²) in [4.78, 5) is 15.2. The normalized spacial score (nSPS) is 14.7. The van der Waals surface area contributed by atoms with Gasteiger partial charge >= 0.3 is 0 Å². The zero-order valence-electron chi connectivity index (χ0n) is 16.7. The van der Waals surface area contributed by atoms with Crippen LogP contribution in [0.5, 0.6) is 0 Å². The van der Waals surface area contributed by atoms with Gasteiger partial charge in [-0.25, -0.2) is 4.68 Å². The van der Waals surface area contributed by atoms with E-state index in [2.05, 4.69) is 27.4 Å². The Balaban J connectivity index is 1.36. The quantitative estimate of drug-likeness (QED) is 0.672. The minimum absolute atomic E-state index is 0.193. The molecule has 0 radical (unpaired) electrons. The lowest BCUT2D eigenvalue weighted by molar-refractivity contribution is 0.102. The van der Waals surface area contributed by atoms with Crippen LogP contribution in [0.3, 0.4) is 0 Å². The van der Waals surface area contributed by atoms with Gasteiger partial charge in [-0.3, -0.25) is 4.79 Å². The summed E-state index contributed by atoms with van der Waals surface area (Å²) in [6.07, 6.45) is 1.04. The Hall–Kier alpha value is -2.57. The summed E-state index contributed by atoms with van der Waals surface area (Å²) in [6, 6.07) is 19.8. The smallest absolute Gasteiger partial charge is 0.276 e. The molecular weight excluding hydrogens is 380 g/mol. The van der Waals surface area contributed by atoms with E-state index in [-0.39, 0.29) is 5.91 Å². The van der Waals surface area contributed by atoms with Crippen molar-refractivity contribution in [2.45, 2.75) is 13.3 Å². The molecule has 3 aromatic rings. The molecule has 0 aliphatic carbocycles. The maximum atomic E-state index is 12.6. The number of anilines is 1. The first kappa shape index (κ1) is 19.7. The second-order valence-corrected chi connectivity index (χ2v) is 8.50. The van der Waals surface area contributed by atoms with Gasteiger partial charge in [0.2, 0.25) is 0 Å². The predicted octanol–water partition coefficient (Wildman–Crippen LogP) is 4.02. The van der Waals surface area contributed by atoms with Crippen molar-refractivity contribution in [3.63, 3.8) is 0 Å². The fourth-order valence-corrected chi connectivity index (χ4v) is 4.46. The Morgan fingerprint density at radius 1 is 1.07 bits per heavy atom. The number of carbonyl (C=O) groups is 1. The lowest BCUT2D eigenvalue weighted by Crippen LogP contribution is -2.34. The lowest BCUT2D eigenvalue weighted by atomic mass is 10.1. The number of hydrogen-bond donors (Lipinski definition) is 1. The van der Waals surface area contributed by atoms with E-state index in [1.807, 2.05) is 67.2 Å². The van der Waals surface area contributed by atoms with Crippen molar-refractivity contribution in [3.05, 3.63) is 77.6 Å². The van der Waals surface area contributed by atoms with Crippen LogP contribution < -0.4 is 5.32 Å². The number of benzene rings is 2. The van der Waals surface area contributed by atoms with Gasteiger partial charge in [0, 0.05) is 42.5 Å². The van der Waals surface area contributed by atoms with Gasteiger partial charge in [-0.15, -0.1) is 0 Å². The van der Waals surface area contributed by atoms with Crippen LogP contribution >= 0.6 is 11.8 Å². The molecule has 6 heteroatoms. The average Bonchev–Trinajstić information content (AvgIpc) is 3.16. The van der Waals surface area contributed by atoms with Crippen LogP contribution in [-0.2, 0) is 6.42 Å². The van der Waals surface area contributed by atoms with Crippen molar-refractivity contribution in [2.75, 3.05) is 36.5 Å². The van der Waals surface area contributed by atoms with Gasteiger partial charge < -0.3 is 10.2 Å². The van der Waals surface area contributed by atoms with Gasteiger partial charge in [0.05, 0.1) is 5.69 Å². The number of aromatic nitrogens is 2. The van der Waals surface area contributed by atoms with Crippen LogP contribution in [0.4, 0.5) is 5.69 Å². The molecule has 1 aromatic heterocycles. The molecule has 1 amide bonds. The highest BCUT2D eigenvalue weighted by Gasteiger charge is 2.14. The first-order chi connectivity index (χ1) is 14.2. The monoisotopic (exact) mass is 406 g/mol. The highest BCUT2D eigenvalue weighted by Crippen LogP contribution is 2.16. The van der Waals surface area contributed by atoms with Crippen LogP contribution in [0.1, 0.15) is 21.7 Å². The van der Waals surface area contributed by atoms with Gasteiger partial charge in [0.15, 0.2) is 5.69 Å². The number of amides is 1. The van der Waals surface area contributed by atoms with Crippen LogP contribution in [0, 0.1) is 6.92 Å². The SMILES string of the molecule is Cc1cc(C(=O)Nc2ccc(CCN3CCSCC3)cc2)nn1-c1ccccc1. The number of aryl methyl sites for hydroxylation is 1. The molecule has 1 fully saturated rings. The Morgan fingerprint density at radius 3 is 2.52 bits per heavy atom. The maximum Gasteiger partial charge on any atom is 0.276 e. The molecule has 1 aliphatic rings. The molecule has 1 aliphatic heterocycles. The zero-order valence-corrected chi connectivity index (χ0v) is 17.5. The number of nitrogens with zero attached hydrogens (tertiary/aromatic N) is 3. The van der Waals surface area contributed by atoms with Gasteiger partial charge in [-0.1, -0.05) is 30.3 Å². The predicted molar refractivity (Wildman–Crippen MR) is 120 cm³/mol. The van der Waals surface area contributed by atoms with E-state index >= 15 is 0 Å². The molecule has 0 atom stereocenters. The fraction of sp³-hybridized carbons (Fsp3) is 0.304. The van der Waals surface area contributed by atoms with Crippen molar-refractivity contribution in [2.24, 2.45) is 0 Å². The number of rotatable bonds is 6. The van der Waals surface area contributed by atoms with Crippen molar-refractivity contribution in [1.29, 1.82) is 0 Å². The zero-order chi connectivity index (χ0) is 20.1. The minimum atomic E-state index is -0.193. The highest BCUT2D eigenvalue weighted by molar-refractivity contribution is 7.99. The molecular formula is C23H26N4OS. The molecule has 5 nitrogen and oxygen atoms in total. The first-order valence-corrected chi connectivity index (χ1v) is 11.2. The second-order valence-electron chi connectivity index (χ2n) is 7.27.